The number of amides is 2. The van der Waals surface area contributed by atoms with E-state index < -0.39 is 0 Å². The van der Waals surface area contributed by atoms with E-state index in [1.165, 1.54) is 0 Å². The Kier molecular flexibility index (Phi) is 5.87. The smallest absolute Gasteiger partial charge is 0.319 e. The zero-order valence-electron chi connectivity index (χ0n) is 14.2. The van der Waals surface area contributed by atoms with Crippen LogP contribution in [0.2, 0.25) is 0 Å². The molecule has 0 aromatic heterocycles. The second kappa shape index (κ2) is 8.50. The van der Waals surface area contributed by atoms with Crippen molar-refractivity contribution in [3.8, 4) is 16.9 Å². The van der Waals surface area contributed by atoms with E-state index in [1.807, 2.05) is 48.5 Å². The number of hydrogen-bond donors (Lipinski definition) is 2. The maximum absolute atomic E-state index is 11.9. The van der Waals surface area contributed by atoms with Gasteiger partial charge in [0, 0.05) is 12.2 Å². The Morgan fingerprint density at radius 3 is 2.36 bits per heavy atom. The molecule has 1 saturated heterocycles. The van der Waals surface area contributed by atoms with Crippen molar-refractivity contribution in [2.75, 3.05) is 38.8 Å². The number of ether oxygens (including phenoxy) is 3. The van der Waals surface area contributed by atoms with E-state index in [-0.39, 0.29) is 12.1 Å². The Bertz CT molecular complexity index is 680. The van der Waals surface area contributed by atoms with Gasteiger partial charge in [-0.15, -0.1) is 0 Å². The van der Waals surface area contributed by atoms with Crippen molar-refractivity contribution in [2.24, 2.45) is 0 Å². The molecular weight excluding hydrogens is 320 g/mol. The zero-order valence-corrected chi connectivity index (χ0v) is 14.2. The first kappa shape index (κ1) is 17.3. The summed E-state index contributed by atoms with van der Waals surface area (Å²) in [7, 11) is 1.65. The van der Waals surface area contributed by atoms with Gasteiger partial charge in [-0.2, -0.15) is 0 Å². The summed E-state index contributed by atoms with van der Waals surface area (Å²) < 4.78 is 15.9. The van der Waals surface area contributed by atoms with Crippen LogP contribution >= 0.6 is 0 Å². The third-order valence-corrected chi connectivity index (χ3v) is 3.94. The molecule has 1 atom stereocenters. The maximum Gasteiger partial charge on any atom is 0.319 e. The summed E-state index contributed by atoms with van der Waals surface area (Å²) in [6.07, 6.45) is -0.0862. The summed E-state index contributed by atoms with van der Waals surface area (Å²) in [5.41, 5.74) is 2.89. The lowest BCUT2D eigenvalue weighted by Crippen LogP contribution is -2.41. The molecule has 1 aliphatic heterocycles. The van der Waals surface area contributed by atoms with Gasteiger partial charge in [0.2, 0.25) is 0 Å². The number of nitrogens with one attached hydrogen (secondary N) is 2. The van der Waals surface area contributed by atoms with Crippen molar-refractivity contribution in [2.45, 2.75) is 6.10 Å². The van der Waals surface area contributed by atoms with E-state index >= 15 is 0 Å². The van der Waals surface area contributed by atoms with Crippen LogP contribution in [-0.2, 0) is 9.47 Å². The fraction of sp³-hybridized carbons (Fsp3) is 0.316. The third kappa shape index (κ3) is 4.95. The molecule has 6 heteroatoms. The Morgan fingerprint density at radius 1 is 1.08 bits per heavy atom. The summed E-state index contributed by atoms with van der Waals surface area (Å²) in [6, 6.07) is 15.3. The highest BCUT2D eigenvalue weighted by atomic mass is 16.6. The van der Waals surface area contributed by atoms with Gasteiger partial charge in [-0.05, 0) is 35.4 Å². The van der Waals surface area contributed by atoms with Crippen LogP contribution in [0, 0.1) is 0 Å². The van der Waals surface area contributed by atoms with Gasteiger partial charge < -0.3 is 24.8 Å². The first-order chi connectivity index (χ1) is 12.2. The SMILES string of the molecule is COc1ccc(-c2ccc(NC(=O)NC[C@H]3COCCO3)cc2)cc1. The van der Waals surface area contributed by atoms with Crippen LogP contribution in [0.1, 0.15) is 0 Å². The number of methoxy groups -OCH3 is 1. The van der Waals surface area contributed by atoms with Crippen molar-refractivity contribution in [1.82, 2.24) is 5.32 Å². The lowest BCUT2D eigenvalue weighted by molar-refractivity contribution is -0.0852. The van der Waals surface area contributed by atoms with Gasteiger partial charge in [0.15, 0.2) is 0 Å². The van der Waals surface area contributed by atoms with Gasteiger partial charge in [0.05, 0.1) is 33.0 Å². The van der Waals surface area contributed by atoms with Gasteiger partial charge in [0.1, 0.15) is 5.75 Å². The number of anilines is 1. The summed E-state index contributed by atoms with van der Waals surface area (Å²) in [5, 5.41) is 5.60. The first-order valence-corrected chi connectivity index (χ1v) is 8.23. The molecule has 3 rings (SSSR count). The van der Waals surface area contributed by atoms with Crippen molar-refractivity contribution in [3.05, 3.63) is 48.5 Å². The minimum absolute atomic E-state index is 0.0862. The number of benzene rings is 2. The predicted octanol–water partition coefficient (Wildman–Crippen LogP) is 2.90. The van der Waals surface area contributed by atoms with Crippen LogP contribution in [0.5, 0.6) is 5.75 Å². The Labute approximate surface area is 147 Å². The molecule has 2 aromatic rings. The van der Waals surface area contributed by atoms with Crippen molar-refractivity contribution in [3.63, 3.8) is 0 Å². The largest absolute Gasteiger partial charge is 0.497 e. The molecule has 0 bridgehead atoms. The monoisotopic (exact) mass is 342 g/mol. The highest BCUT2D eigenvalue weighted by molar-refractivity contribution is 5.89. The fourth-order valence-electron chi connectivity index (χ4n) is 2.57. The molecule has 2 N–H and O–H groups in total. The molecule has 6 nitrogen and oxygen atoms in total. The third-order valence-electron chi connectivity index (χ3n) is 3.94. The number of urea groups is 1. The minimum Gasteiger partial charge on any atom is -0.497 e. The summed E-state index contributed by atoms with van der Waals surface area (Å²) >= 11 is 0. The second-order valence-electron chi connectivity index (χ2n) is 5.71. The number of carbonyl (C=O) groups excluding carboxylic acids is 1. The summed E-state index contributed by atoms with van der Waals surface area (Å²) in [5.74, 6) is 0.825. The van der Waals surface area contributed by atoms with Crippen LogP contribution in [0.15, 0.2) is 48.5 Å². The van der Waals surface area contributed by atoms with Crippen LogP contribution in [0.3, 0.4) is 0 Å². The summed E-state index contributed by atoms with van der Waals surface area (Å²) in [4.78, 5) is 11.9. The molecule has 0 unspecified atom stereocenters. The second-order valence-corrected chi connectivity index (χ2v) is 5.71. The molecule has 1 fully saturated rings. The molecule has 0 radical (unpaired) electrons. The molecule has 0 spiro atoms. The van der Waals surface area contributed by atoms with Crippen LogP contribution in [0.4, 0.5) is 10.5 Å². The Balaban J connectivity index is 1.51. The zero-order chi connectivity index (χ0) is 17.5. The molecule has 25 heavy (non-hydrogen) atoms. The van der Waals surface area contributed by atoms with Crippen LogP contribution in [-0.4, -0.2) is 45.6 Å². The van der Waals surface area contributed by atoms with Crippen molar-refractivity contribution >= 4 is 11.7 Å². The Hall–Kier alpha value is -2.57. The van der Waals surface area contributed by atoms with Gasteiger partial charge >= 0.3 is 6.03 Å². The van der Waals surface area contributed by atoms with E-state index in [9.17, 15) is 4.79 Å². The topological polar surface area (TPSA) is 68.8 Å². The predicted molar refractivity (Wildman–Crippen MR) is 96.0 cm³/mol. The molecule has 0 saturated carbocycles. The van der Waals surface area contributed by atoms with E-state index in [0.29, 0.717) is 26.4 Å². The number of carbonyl (C=O) groups is 1. The standard InChI is InChI=1S/C19H22N2O4/c1-23-17-8-4-15(5-9-17)14-2-6-16(7-3-14)21-19(22)20-12-18-13-24-10-11-25-18/h2-9,18H,10-13H2,1H3,(H2,20,21,22)/t18-/m0/s1. The maximum atomic E-state index is 11.9. The normalized spacial score (nSPS) is 16.9. The van der Waals surface area contributed by atoms with Gasteiger partial charge in [0.25, 0.3) is 0 Å². The average molecular weight is 342 g/mol. The van der Waals surface area contributed by atoms with E-state index in [4.69, 9.17) is 14.2 Å². The van der Waals surface area contributed by atoms with E-state index in [2.05, 4.69) is 10.6 Å². The van der Waals surface area contributed by atoms with Crippen LogP contribution in [0.25, 0.3) is 11.1 Å². The number of rotatable bonds is 5. The van der Waals surface area contributed by atoms with Gasteiger partial charge in [-0.25, -0.2) is 4.79 Å². The lowest BCUT2D eigenvalue weighted by Gasteiger charge is -2.23. The molecule has 132 valence electrons. The van der Waals surface area contributed by atoms with Crippen molar-refractivity contribution < 1.29 is 19.0 Å². The molecular formula is C19H22N2O4. The molecule has 1 aliphatic rings. The highest BCUT2D eigenvalue weighted by Gasteiger charge is 2.15. The average Bonchev–Trinajstić information content (AvgIpc) is 2.68. The van der Waals surface area contributed by atoms with E-state index in [1.54, 1.807) is 7.11 Å². The van der Waals surface area contributed by atoms with Crippen molar-refractivity contribution in [1.29, 1.82) is 0 Å². The van der Waals surface area contributed by atoms with Gasteiger partial charge in [-0.1, -0.05) is 24.3 Å². The molecule has 1 heterocycles. The first-order valence-electron chi connectivity index (χ1n) is 8.23. The number of hydrogen-bond acceptors (Lipinski definition) is 4. The highest BCUT2D eigenvalue weighted by Crippen LogP contribution is 2.23. The quantitative estimate of drug-likeness (QED) is 0.877. The molecule has 2 amide bonds. The Morgan fingerprint density at radius 2 is 1.76 bits per heavy atom. The molecule has 2 aromatic carbocycles. The van der Waals surface area contributed by atoms with Gasteiger partial charge in [-0.3, -0.25) is 0 Å². The van der Waals surface area contributed by atoms with Crippen LogP contribution < -0.4 is 15.4 Å². The minimum atomic E-state index is -0.258. The molecule has 0 aliphatic carbocycles. The lowest BCUT2D eigenvalue weighted by atomic mass is 10.1. The van der Waals surface area contributed by atoms with E-state index in [0.717, 1.165) is 22.6 Å². The fourth-order valence-corrected chi connectivity index (χ4v) is 2.57. The summed E-state index contributed by atoms with van der Waals surface area (Å²) in [6.45, 7) is 2.12.